The van der Waals surface area contributed by atoms with Gasteiger partial charge in [0, 0.05) is 0 Å². The maximum Gasteiger partial charge on any atom is 0.0619 e. The summed E-state index contributed by atoms with van der Waals surface area (Å²) in [4.78, 5) is 0. The topological polar surface area (TPSA) is 20.2 Å². The molecule has 0 heterocycles. The molecule has 1 fully saturated rings. The first-order valence-corrected chi connectivity index (χ1v) is 4.76. The lowest BCUT2D eigenvalue weighted by atomic mass is 9.70. The van der Waals surface area contributed by atoms with Gasteiger partial charge in [-0.3, -0.25) is 0 Å². The predicted molar refractivity (Wildman–Crippen MR) is 47.4 cm³/mol. The Bertz CT molecular complexity index is 125. The quantitative estimate of drug-likeness (QED) is 0.666. The molecular formula is C10H20O. The predicted octanol–water partition coefficient (Wildman–Crippen LogP) is 2.58. The SMILES string of the molecule is CCC(C)(C)C(O)C1CCC1. The lowest BCUT2D eigenvalue weighted by molar-refractivity contribution is -0.0288. The third kappa shape index (κ3) is 1.76. The molecular weight excluding hydrogens is 136 g/mol. The number of hydrogen-bond donors (Lipinski definition) is 1. The van der Waals surface area contributed by atoms with Crippen LogP contribution in [-0.2, 0) is 0 Å². The van der Waals surface area contributed by atoms with Crippen molar-refractivity contribution < 1.29 is 5.11 Å². The Hall–Kier alpha value is -0.0400. The Morgan fingerprint density at radius 2 is 2.00 bits per heavy atom. The smallest absolute Gasteiger partial charge is 0.0619 e. The van der Waals surface area contributed by atoms with Crippen LogP contribution in [0.3, 0.4) is 0 Å². The second kappa shape index (κ2) is 3.14. The van der Waals surface area contributed by atoms with Gasteiger partial charge in [-0.1, -0.05) is 27.2 Å². The third-order valence-corrected chi connectivity index (χ3v) is 3.31. The van der Waals surface area contributed by atoms with E-state index >= 15 is 0 Å². The van der Waals surface area contributed by atoms with Crippen LogP contribution in [0.1, 0.15) is 46.5 Å². The lowest BCUT2D eigenvalue weighted by Crippen LogP contribution is -2.38. The molecule has 11 heavy (non-hydrogen) atoms. The van der Waals surface area contributed by atoms with Crippen molar-refractivity contribution in [2.45, 2.75) is 52.6 Å². The Morgan fingerprint density at radius 1 is 1.45 bits per heavy atom. The van der Waals surface area contributed by atoms with Crippen LogP contribution >= 0.6 is 0 Å². The highest BCUT2D eigenvalue weighted by molar-refractivity contribution is 4.86. The summed E-state index contributed by atoms with van der Waals surface area (Å²) >= 11 is 0. The van der Waals surface area contributed by atoms with Crippen molar-refractivity contribution in [1.29, 1.82) is 0 Å². The van der Waals surface area contributed by atoms with Crippen LogP contribution in [0.15, 0.2) is 0 Å². The van der Waals surface area contributed by atoms with Crippen molar-refractivity contribution in [3.63, 3.8) is 0 Å². The van der Waals surface area contributed by atoms with E-state index in [0.29, 0.717) is 5.92 Å². The van der Waals surface area contributed by atoms with E-state index in [4.69, 9.17) is 0 Å². The van der Waals surface area contributed by atoms with Crippen LogP contribution in [0.2, 0.25) is 0 Å². The van der Waals surface area contributed by atoms with Crippen molar-refractivity contribution in [2.24, 2.45) is 11.3 Å². The zero-order valence-electron chi connectivity index (χ0n) is 7.93. The Labute approximate surface area is 69.8 Å². The van der Waals surface area contributed by atoms with Gasteiger partial charge in [0.1, 0.15) is 0 Å². The zero-order chi connectivity index (χ0) is 8.48. The number of hydrogen-bond acceptors (Lipinski definition) is 1. The average Bonchev–Trinajstić information content (AvgIpc) is 1.84. The van der Waals surface area contributed by atoms with E-state index in [1.54, 1.807) is 0 Å². The van der Waals surface area contributed by atoms with Gasteiger partial charge in [0.15, 0.2) is 0 Å². The number of aliphatic hydroxyl groups excluding tert-OH is 1. The van der Waals surface area contributed by atoms with E-state index in [1.165, 1.54) is 19.3 Å². The monoisotopic (exact) mass is 156 g/mol. The summed E-state index contributed by atoms with van der Waals surface area (Å²) in [5.74, 6) is 0.602. The summed E-state index contributed by atoms with van der Waals surface area (Å²) in [5, 5.41) is 9.90. The van der Waals surface area contributed by atoms with Crippen LogP contribution < -0.4 is 0 Å². The van der Waals surface area contributed by atoms with E-state index < -0.39 is 0 Å². The molecule has 0 spiro atoms. The molecule has 0 saturated heterocycles. The number of rotatable bonds is 3. The van der Waals surface area contributed by atoms with Crippen LogP contribution in [0.5, 0.6) is 0 Å². The molecule has 1 heteroatoms. The minimum Gasteiger partial charge on any atom is -0.392 e. The standard InChI is InChI=1S/C10H20O/c1-4-10(2,3)9(11)8-6-5-7-8/h8-9,11H,4-7H2,1-3H3. The van der Waals surface area contributed by atoms with E-state index in [0.717, 1.165) is 6.42 Å². The molecule has 1 aliphatic rings. The highest BCUT2D eigenvalue weighted by atomic mass is 16.3. The normalized spacial score (nSPS) is 22.9. The molecule has 1 rings (SSSR count). The maximum atomic E-state index is 9.90. The summed E-state index contributed by atoms with van der Waals surface area (Å²) in [7, 11) is 0. The molecule has 0 aromatic rings. The lowest BCUT2D eigenvalue weighted by Gasteiger charge is -2.39. The maximum absolute atomic E-state index is 9.90. The van der Waals surface area contributed by atoms with Crippen molar-refractivity contribution in [3.05, 3.63) is 0 Å². The minimum absolute atomic E-state index is 0.0683. The molecule has 0 aromatic heterocycles. The van der Waals surface area contributed by atoms with Gasteiger partial charge in [-0.25, -0.2) is 0 Å². The van der Waals surface area contributed by atoms with Gasteiger partial charge in [0.05, 0.1) is 6.10 Å². The summed E-state index contributed by atoms with van der Waals surface area (Å²) in [5.41, 5.74) is 0.130. The average molecular weight is 156 g/mol. The first-order valence-electron chi connectivity index (χ1n) is 4.76. The first-order chi connectivity index (χ1) is 5.08. The Balaban J connectivity index is 2.44. The Morgan fingerprint density at radius 3 is 2.27 bits per heavy atom. The van der Waals surface area contributed by atoms with Gasteiger partial charge in [0.2, 0.25) is 0 Å². The van der Waals surface area contributed by atoms with Gasteiger partial charge in [0.25, 0.3) is 0 Å². The van der Waals surface area contributed by atoms with E-state index in [9.17, 15) is 5.11 Å². The summed E-state index contributed by atoms with van der Waals surface area (Å²) in [6.07, 6.45) is 4.81. The molecule has 1 aliphatic carbocycles. The van der Waals surface area contributed by atoms with Crippen LogP contribution in [0, 0.1) is 11.3 Å². The van der Waals surface area contributed by atoms with Gasteiger partial charge in [-0.15, -0.1) is 0 Å². The van der Waals surface area contributed by atoms with Gasteiger partial charge in [-0.05, 0) is 30.6 Å². The van der Waals surface area contributed by atoms with Crippen molar-refractivity contribution >= 4 is 0 Å². The van der Waals surface area contributed by atoms with E-state index in [2.05, 4.69) is 20.8 Å². The molecule has 1 atom stereocenters. The molecule has 1 N–H and O–H groups in total. The van der Waals surface area contributed by atoms with Crippen molar-refractivity contribution in [3.8, 4) is 0 Å². The second-order valence-electron chi connectivity index (χ2n) is 4.48. The van der Waals surface area contributed by atoms with Gasteiger partial charge in [-0.2, -0.15) is 0 Å². The molecule has 0 bridgehead atoms. The van der Waals surface area contributed by atoms with Gasteiger partial charge >= 0.3 is 0 Å². The minimum atomic E-state index is -0.0683. The van der Waals surface area contributed by atoms with Crippen LogP contribution in [0.25, 0.3) is 0 Å². The summed E-state index contributed by atoms with van der Waals surface area (Å²) in [6.45, 7) is 6.48. The van der Waals surface area contributed by atoms with Crippen LogP contribution in [0.4, 0.5) is 0 Å². The van der Waals surface area contributed by atoms with Crippen LogP contribution in [-0.4, -0.2) is 11.2 Å². The molecule has 0 aromatic carbocycles. The molecule has 0 aliphatic heterocycles. The first kappa shape index (κ1) is 9.05. The second-order valence-corrected chi connectivity index (χ2v) is 4.48. The fourth-order valence-electron chi connectivity index (χ4n) is 1.60. The fraction of sp³-hybridized carbons (Fsp3) is 1.00. The van der Waals surface area contributed by atoms with E-state index in [-0.39, 0.29) is 11.5 Å². The van der Waals surface area contributed by atoms with E-state index in [1.807, 2.05) is 0 Å². The number of aliphatic hydroxyl groups is 1. The summed E-state index contributed by atoms with van der Waals surface area (Å²) in [6, 6.07) is 0. The van der Waals surface area contributed by atoms with Crippen molar-refractivity contribution in [2.75, 3.05) is 0 Å². The molecule has 0 amide bonds. The molecule has 1 unspecified atom stereocenters. The Kier molecular flexibility index (Phi) is 2.58. The highest BCUT2D eigenvalue weighted by Gasteiger charge is 2.35. The highest BCUT2D eigenvalue weighted by Crippen LogP contribution is 2.39. The molecule has 1 nitrogen and oxygen atoms in total. The van der Waals surface area contributed by atoms with Crippen molar-refractivity contribution in [1.82, 2.24) is 0 Å². The molecule has 0 radical (unpaired) electrons. The zero-order valence-corrected chi connectivity index (χ0v) is 7.93. The third-order valence-electron chi connectivity index (χ3n) is 3.31. The van der Waals surface area contributed by atoms with Gasteiger partial charge < -0.3 is 5.11 Å². The fourth-order valence-corrected chi connectivity index (χ4v) is 1.60. The summed E-state index contributed by atoms with van der Waals surface area (Å²) < 4.78 is 0. The molecule has 1 saturated carbocycles. The largest absolute Gasteiger partial charge is 0.392 e. The molecule has 66 valence electrons.